The fraction of sp³-hybridized carbons (Fsp3) is 0.364. The molecule has 0 aromatic heterocycles. The number of aryl methyl sites for hydroxylation is 1. The maximum atomic E-state index is 13.2. The van der Waals surface area contributed by atoms with E-state index in [2.05, 4.69) is 24.0 Å². The summed E-state index contributed by atoms with van der Waals surface area (Å²) in [6.07, 6.45) is 0.422. The van der Waals surface area contributed by atoms with E-state index in [0.29, 0.717) is 25.1 Å². The zero-order valence-electron chi connectivity index (χ0n) is 15.8. The molecule has 0 radical (unpaired) electrons. The topological polar surface area (TPSA) is 49.9 Å². The number of anilines is 1. The summed E-state index contributed by atoms with van der Waals surface area (Å²) in [5, 5.41) is 0. The summed E-state index contributed by atoms with van der Waals surface area (Å²) < 4.78 is 5.60. The van der Waals surface area contributed by atoms with Crippen LogP contribution in [0.2, 0.25) is 0 Å². The minimum atomic E-state index is -1.13. The molecule has 1 fully saturated rings. The van der Waals surface area contributed by atoms with E-state index >= 15 is 0 Å². The van der Waals surface area contributed by atoms with E-state index in [0.717, 1.165) is 18.7 Å². The first kappa shape index (κ1) is 17.6. The minimum absolute atomic E-state index is 0.102. The van der Waals surface area contributed by atoms with Crippen LogP contribution in [0.15, 0.2) is 48.5 Å². The number of nitrogens with zero attached hydrogens (tertiary/aromatic N) is 2. The second kappa shape index (κ2) is 6.72. The van der Waals surface area contributed by atoms with Gasteiger partial charge in [-0.2, -0.15) is 0 Å². The van der Waals surface area contributed by atoms with Crippen LogP contribution in [-0.2, 0) is 16.0 Å². The van der Waals surface area contributed by atoms with Crippen molar-refractivity contribution in [2.75, 3.05) is 31.1 Å². The van der Waals surface area contributed by atoms with Crippen molar-refractivity contribution in [3.05, 3.63) is 65.2 Å². The number of para-hydroxylation sites is 1. The standard InChI is InChI=1S/C22H24N2O3/c1-16-7-3-6-10-19(16)23-11-13-24(14-12-23)21(26)22(2)15-17-8-4-5-9-18(17)20(25)27-22/h3-10H,11-15H2,1-2H3. The van der Waals surface area contributed by atoms with Crippen LogP contribution in [0.1, 0.15) is 28.4 Å². The van der Waals surface area contributed by atoms with E-state index in [1.54, 1.807) is 13.0 Å². The molecule has 0 spiro atoms. The number of carbonyl (C=O) groups excluding carboxylic acids is 2. The Morgan fingerprint density at radius 2 is 1.67 bits per heavy atom. The molecule has 2 aromatic rings. The van der Waals surface area contributed by atoms with Crippen LogP contribution in [0.4, 0.5) is 5.69 Å². The van der Waals surface area contributed by atoms with Crippen LogP contribution in [0.25, 0.3) is 0 Å². The van der Waals surface area contributed by atoms with Crippen molar-refractivity contribution in [1.82, 2.24) is 4.90 Å². The van der Waals surface area contributed by atoms with Gasteiger partial charge >= 0.3 is 5.97 Å². The van der Waals surface area contributed by atoms with E-state index < -0.39 is 11.6 Å². The van der Waals surface area contributed by atoms with Gasteiger partial charge in [0.25, 0.3) is 5.91 Å². The fourth-order valence-corrected chi connectivity index (χ4v) is 4.06. The SMILES string of the molecule is Cc1ccccc1N1CCN(C(=O)C2(C)Cc3ccccc3C(=O)O2)CC1. The Morgan fingerprint density at radius 3 is 2.41 bits per heavy atom. The Hall–Kier alpha value is -2.82. The first-order chi connectivity index (χ1) is 13.0. The molecule has 0 bridgehead atoms. The second-order valence-corrected chi connectivity index (χ2v) is 7.52. The summed E-state index contributed by atoms with van der Waals surface area (Å²) in [5.74, 6) is -0.513. The fourth-order valence-electron chi connectivity index (χ4n) is 4.06. The van der Waals surface area contributed by atoms with Crippen LogP contribution in [0, 0.1) is 6.92 Å². The van der Waals surface area contributed by atoms with Crippen molar-refractivity contribution in [3.8, 4) is 0 Å². The smallest absolute Gasteiger partial charge is 0.339 e. The molecule has 1 amide bonds. The van der Waals surface area contributed by atoms with Gasteiger partial charge in [0.15, 0.2) is 5.60 Å². The second-order valence-electron chi connectivity index (χ2n) is 7.52. The van der Waals surface area contributed by atoms with Crippen LogP contribution in [0.3, 0.4) is 0 Å². The molecule has 140 valence electrons. The Kier molecular flexibility index (Phi) is 4.38. The summed E-state index contributed by atoms with van der Waals surface area (Å²) >= 11 is 0. The summed E-state index contributed by atoms with van der Waals surface area (Å²) in [6.45, 7) is 6.64. The van der Waals surface area contributed by atoms with Gasteiger partial charge in [-0.25, -0.2) is 4.79 Å². The predicted octanol–water partition coefficient (Wildman–Crippen LogP) is 2.82. The van der Waals surface area contributed by atoms with Crippen molar-refractivity contribution in [2.45, 2.75) is 25.9 Å². The zero-order chi connectivity index (χ0) is 19.0. The van der Waals surface area contributed by atoms with E-state index in [-0.39, 0.29) is 5.91 Å². The molecule has 2 aliphatic rings. The van der Waals surface area contributed by atoms with Crippen LogP contribution in [-0.4, -0.2) is 48.6 Å². The van der Waals surface area contributed by atoms with Crippen LogP contribution in [0.5, 0.6) is 0 Å². The Morgan fingerprint density at radius 1 is 1.00 bits per heavy atom. The molecule has 5 nitrogen and oxygen atoms in total. The van der Waals surface area contributed by atoms with Gasteiger partial charge in [0.2, 0.25) is 0 Å². The van der Waals surface area contributed by atoms with Crippen molar-refractivity contribution in [3.63, 3.8) is 0 Å². The van der Waals surface area contributed by atoms with Gasteiger partial charge in [-0.05, 0) is 37.1 Å². The monoisotopic (exact) mass is 364 g/mol. The maximum Gasteiger partial charge on any atom is 0.339 e. The van der Waals surface area contributed by atoms with Gasteiger partial charge < -0.3 is 14.5 Å². The quantitative estimate of drug-likeness (QED) is 0.769. The number of hydrogen-bond acceptors (Lipinski definition) is 4. The third kappa shape index (κ3) is 3.18. The highest BCUT2D eigenvalue weighted by molar-refractivity contribution is 5.97. The van der Waals surface area contributed by atoms with Crippen molar-refractivity contribution in [2.24, 2.45) is 0 Å². The number of hydrogen-bond donors (Lipinski definition) is 0. The lowest BCUT2D eigenvalue weighted by atomic mass is 9.88. The third-order valence-corrected chi connectivity index (χ3v) is 5.56. The van der Waals surface area contributed by atoms with Crippen LogP contribution >= 0.6 is 0 Å². The molecular weight excluding hydrogens is 340 g/mol. The van der Waals surface area contributed by atoms with E-state index in [1.165, 1.54) is 11.3 Å². The molecule has 0 N–H and O–H groups in total. The molecule has 0 saturated carbocycles. The van der Waals surface area contributed by atoms with Gasteiger partial charge in [0, 0.05) is 38.3 Å². The zero-order valence-corrected chi connectivity index (χ0v) is 15.8. The number of carbonyl (C=O) groups is 2. The number of cyclic esters (lactones) is 1. The molecule has 1 unspecified atom stereocenters. The Balaban J connectivity index is 1.47. The first-order valence-corrected chi connectivity index (χ1v) is 9.39. The molecule has 1 saturated heterocycles. The van der Waals surface area contributed by atoms with Gasteiger partial charge in [-0.1, -0.05) is 36.4 Å². The summed E-state index contributed by atoms with van der Waals surface area (Å²) in [7, 11) is 0. The predicted molar refractivity (Wildman–Crippen MR) is 104 cm³/mol. The lowest BCUT2D eigenvalue weighted by Gasteiger charge is -2.41. The highest BCUT2D eigenvalue weighted by atomic mass is 16.6. The number of piperazine rings is 1. The van der Waals surface area contributed by atoms with Gasteiger partial charge in [-0.15, -0.1) is 0 Å². The van der Waals surface area contributed by atoms with E-state index in [4.69, 9.17) is 4.74 Å². The molecule has 2 aliphatic heterocycles. The number of amides is 1. The lowest BCUT2D eigenvalue weighted by Crippen LogP contribution is -2.58. The number of esters is 1. The van der Waals surface area contributed by atoms with Gasteiger partial charge in [0.1, 0.15) is 0 Å². The third-order valence-electron chi connectivity index (χ3n) is 5.56. The largest absolute Gasteiger partial charge is 0.445 e. The Bertz CT molecular complexity index is 887. The maximum absolute atomic E-state index is 13.2. The summed E-state index contributed by atoms with van der Waals surface area (Å²) in [5.41, 5.74) is 2.77. The normalized spacial score (nSPS) is 22.2. The highest BCUT2D eigenvalue weighted by Gasteiger charge is 2.45. The molecule has 27 heavy (non-hydrogen) atoms. The van der Waals surface area contributed by atoms with Crippen molar-refractivity contribution in [1.29, 1.82) is 0 Å². The molecule has 1 atom stereocenters. The average Bonchev–Trinajstić information content (AvgIpc) is 2.68. The Labute approximate surface area is 159 Å². The molecule has 4 rings (SSSR count). The molecule has 0 aliphatic carbocycles. The van der Waals surface area contributed by atoms with E-state index in [1.807, 2.05) is 35.2 Å². The summed E-state index contributed by atoms with van der Waals surface area (Å²) in [6, 6.07) is 15.7. The van der Waals surface area contributed by atoms with Crippen molar-refractivity contribution < 1.29 is 14.3 Å². The van der Waals surface area contributed by atoms with Crippen LogP contribution < -0.4 is 4.90 Å². The molecule has 2 aromatic carbocycles. The molecule has 2 heterocycles. The lowest BCUT2D eigenvalue weighted by molar-refractivity contribution is -0.151. The highest BCUT2D eigenvalue weighted by Crippen LogP contribution is 2.30. The van der Waals surface area contributed by atoms with E-state index in [9.17, 15) is 9.59 Å². The summed E-state index contributed by atoms with van der Waals surface area (Å²) in [4.78, 5) is 29.7. The number of fused-ring (bicyclic) bond motifs is 1. The molecular formula is C22H24N2O3. The van der Waals surface area contributed by atoms with Gasteiger partial charge in [0.05, 0.1) is 5.56 Å². The number of ether oxygens (including phenoxy) is 1. The number of rotatable bonds is 2. The first-order valence-electron chi connectivity index (χ1n) is 9.39. The average molecular weight is 364 g/mol. The number of benzene rings is 2. The minimum Gasteiger partial charge on any atom is -0.445 e. The van der Waals surface area contributed by atoms with Gasteiger partial charge in [-0.3, -0.25) is 4.79 Å². The molecule has 5 heteroatoms. The van der Waals surface area contributed by atoms with Crippen molar-refractivity contribution >= 4 is 17.6 Å².